The Morgan fingerprint density at radius 1 is 1.48 bits per heavy atom. The number of carbonyl (C=O) groups is 1. The number of hydrogen-bond acceptors (Lipinski definition) is 6. The van der Waals surface area contributed by atoms with Gasteiger partial charge in [0.15, 0.2) is 6.61 Å². The number of nitro groups is 1. The Morgan fingerprint density at radius 2 is 2.26 bits per heavy atom. The van der Waals surface area contributed by atoms with E-state index in [9.17, 15) is 14.9 Å². The third-order valence-electron chi connectivity index (χ3n) is 2.67. The molecule has 0 aliphatic heterocycles. The lowest BCUT2D eigenvalue weighted by Gasteiger charge is -2.05. The van der Waals surface area contributed by atoms with Crippen LogP contribution in [-0.2, 0) is 4.79 Å². The van der Waals surface area contributed by atoms with E-state index >= 15 is 0 Å². The first kappa shape index (κ1) is 16.9. The highest BCUT2D eigenvalue weighted by Crippen LogP contribution is 2.21. The second-order valence-corrected chi connectivity index (χ2v) is 5.75. The maximum absolute atomic E-state index is 11.7. The zero-order valence-corrected chi connectivity index (χ0v) is 13.6. The Hall–Kier alpha value is -2.45. The maximum Gasteiger partial charge on any atom is 0.280 e. The van der Waals surface area contributed by atoms with Gasteiger partial charge in [0.1, 0.15) is 5.75 Å². The third kappa shape index (κ3) is 5.04. The van der Waals surface area contributed by atoms with Crippen LogP contribution < -0.4 is 10.2 Å². The zero-order valence-electron chi connectivity index (χ0n) is 12.0. The number of carbonyl (C=O) groups excluding carboxylic acids is 1. The molecule has 7 nitrogen and oxygen atoms in total. The van der Waals surface area contributed by atoms with E-state index in [1.54, 1.807) is 31.2 Å². The van der Waals surface area contributed by atoms with Crippen molar-refractivity contribution in [2.75, 3.05) is 6.61 Å². The number of nitrogens with one attached hydrogen (secondary N) is 1. The van der Waals surface area contributed by atoms with Gasteiger partial charge in [0.05, 0.1) is 20.9 Å². The van der Waals surface area contributed by atoms with Gasteiger partial charge in [0.2, 0.25) is 0 Å². The lowest BCUT2D eigenvalue weighted by Crippen LogP contribution is -2.25. The summed E-state index contributed by atoms with van der Waals surface area (Å²) in [5.74, 6) is 0.0256. The van der Waals surface area contributed by atoms with Crippen LogP contribution in [0.1, 0.15) is 11.8 Å². The number of halogens is 1. The molecule has 1 aromatic heterocycles. The molecule has 0 aliphatic rings. The molecule has 23 heavy (non-hydrogen) atoms. The summed E-state index contributed by atoms with van der Waals surface area (Å²) in [5, 5.41) is 16.4. The molecule has 9 heteroatoms. The SMILES string of the molecule is C/C(=N\NC(=O)COc1cccc(Cl)c1)c1cc([N+](=O)[O-])cs1. The van der Waals surface area contributed by atoms with E-state index in [1.807, 2.05) is 0 Å². The fourth-order valence-corrected chi connectivity index (χ4v) is 2.54. The molecule has 1 amide bonds. The summed E-state index contributed by atoms with van der Waals surface area (Å²) in [4.78, 5) is 22.4. The van der Waals surface area contributed by atoms with E-state index < -0.39 is 10.8 Å². The predicted molar refractivity (Wildman–Crippen MR) is 88.3 cm³/mol. The number of thiophene rings is 1. The molecule has 0 atom stereocenters. The van der Waals surface area contributed by atoms with Crippen LogP contribution in [0.25, 0.3) is 0 Å². The average molecular weight is 354 g/mol. The smallest absolute Gasteiger partial charge is 0.280 e. The third-order valence-corrected chi connectivity index (χ3v) is 3.93. The summed E-state index contributed by atoms with van der Waals surface area (Å²) in [5.41, 5.74) is 2.80. The topological polar surface area (TPSA) is 93.8 Å². The zero-order chi connectivity index (χ0) is 16.8. The first-order chi connectivity index (χ1) is 11.0. The van der Waals surface area contributed by atoms with E-state index in [0.717, 1.165) is 0 Å². The van der Waals surface area contributed by atoms with Crippen LogP contribution in [0.2, 0.25) is 5.02 Å². The van der Waals surface area contributed by atoms with Gasteiger partial charge < -0.3 is 4.74 Å². The fraction of sp³-hybridized carbons (Fsp3) is 0.143. The van der Waals surface area contributed by atoms with Crippen LogP contribution in [0.5, 0.6) is 5.75 Å². The summed E-state index contributed by atoms with van der Waals surface area (Å²) in [7, 11) is 0. The Morgan fingerprint density at radius 3 is 2.91 bits per heavy atom. The number of benzene rings is 1. The fourth-order valence-electron chi connectivity index (χ4n) is 1.55. The molecule has 0 radical (unpaired) electrons. The van der Waals surface area contributed by atoms with Crippen LogP contribution in [0.4, 0.5) is 5.69 Å². The standard InChI is InChI=1S/C14H12ClN3O4S/c1-9(13-6-11(8-23-13)18(20)21)16-17-14(19)7-22-12-4-2-3-10(15)5-12/h2-6,8H,7H2,1H3,(H,17,19)/b16-9+. The highest BCUT2D eigenvalue weighted by Gasteiger charge is 2.11. The first-order valence-electron chi connectivity index (χ1n) is 6.40. The van der Waals surface area contributed by atoms with Crippen molar-refractivity contribution in [2.24, 2.45) is 5.10 Å². The number of hydrogen-bond donors (Lipinski definition) is 1. The van der Waals surface area contributed by atoms with Gasteiger partial charge in [-0.3, -0.25) is 14.9 Å². The number of hydrazone groups is 1. The largest absolute Gasteiger partial charge is 0.484 e. The number of nitrogens with zero attached hydrogens (tertiary/aromatic N) is 2. The molecule has 0 aliphatic carbocycles. The molecule has 0 unspecified atom stereocenters. The quantitative estimate of drug-likeness (QED) is 0.490. The Kier molecular flexibility index (Phi) is 5.67. The molecule has 0 bridgehead atoms. The monoisotopic (exact) mass is 353 g/mol. The van der Waals surface area contributed by atoms with E-state index in [4.69, 9.17) is 16.3 Å². The van der Waals surface area contributed by atoms with Crippen LogP contribution >= 0.6 is 22.9 Å². The summed E-state index contributed by atoms with van der Waals surface area (Å²) in [6.07, 6.45) is 0. The molecule has 2 rings (SSSR count). The average Bonchev–Trinajstić information content (AvgIpc) is 3.01. The van der Waals surface area contributed by atoms with Gasteiger partial charge in [0, 0.05) is 11.1 Å². The van der Waals surface area contributed by atoms with Crippen molar-refractivity contribution in [1.82, 2.24) is 5.43 Å². The van der Waals surface area contributed by atoms with E-state index in [0.29, 0.717) is 21.4 Å². The van der Waals surface area contributed by atoms with Gasteiger partial charge in [-0.05, 0) is 25.1 Å². The summed E-state index contributed by atoms with van der Waals surface area (Å²) in [6.45, 7) is 1.43. The van der Waals surface area contributed by atoms with E-state index in [2.05, 4.69) is 10.5 Å². The van der Waals surface area contributed by atoms with Gasteiger partial charge in [-0.1, -0.05) is 17.7 Å². The lowest BCUT2D eigenvalue weighted by atomic mass is 10.3. The van der Waals surface area contributed by atoms with Gasteiger partial charge >= 0.3 is 0 Å². The highest BCUT2D eigenvalue weighted by molar-refractivity contribution is 7.12. The number of ether oxygens (including phenoxy) is 1. The minimum atomic E-state index is -0.481. The molecule has 1 heterocycles. The molecule has 0 spiro atoms. The van der Waals surface area contributed by atoms with Crippen molar-refractivity contribution in [3.8, 4) is 5.75 Å². The summed E-state index contributed by atoms with van der Waals surface area (Å²) < 4.78 is 5.27. The van der Waals surface area contributed by atoms with E-state index in [-0.39, 0.29) is 12.3 Å². The summed E-state index contributed by atoms with van der Waals surface area (Å²) in [6, 6.07) is 8.08. The van der Waals surface area contributed by atoms with Crippen molar-refractivity contribution >= 4 is 40.2 Å². The minimum Gasteiger partial charge on any atom is -0.484 e. The van der Waals surface area contributed by atoms with Crippen LogP contribution in [0.15, 0.2) is 40.8 Å². The van der Waals surface area contributed by atoms with Gasteiger partial charge in [-0.2, -0.15) is 5.10 Å². The Balaban J connectivity index is 1.88. The molecule has 1 aromatic carbocycles. The van der Waals surface area contributed by atoms with Crippen molar-refractivity contribution in [1.29, 1.82) is 0 Å². The van der Waals surface area contributed by atoms with Crippen molar-refractivity contribution < 1.29 is 14.5 Å². The first-order valence-corrected chi connectivity index (χ1v) is 7.66. The molecular weight excluding hydrogens is 342 g/mol. The van der Waals surface area contributed by atoms with Crippen molar-refractivity contribution in [3.63, 3.8) is 0 Å². The second kappa shape index (κ2) is 7.70. The molecule has 0 saturated heterocycles. The van der Waals surface area contributed by atoms with Gasteiger partial charge in [-0.25, -0.2) is 5.43 Å². The molecule has 0 saturated carbocycles. The Bertz CT molecular complexity index is 760. The van der Waals surface area contributed by atoms with Gasteiger partial charge in [0.25, 0.3) is 11.6 Å². The normalized spacial score (nSPS) is 11.1. The number of rotatable bonds is 6. The molecule has 0 fully saturated rings. The van der Waals surface area contributed by atoms with Crippen LogP contribution in [0.3, 0.4) is 0 Å². The van der Waals surface area contributed by atoms with Crippen LogP contribution in [0, 0.1) is 10.1 Å². The minimum absolute atomic E-state index is 0.00448. The van der Waals surface area contributed by atoms with Crippen molar-refractivity contribution in [3.05, 3.63) is 55.7 Å². The highest BCUT2D eigenvalue weighted by atomic mass is 35.5. The maximum atomic E-state index is 11.7. The molecule has 1 N–H and O–H groups in total. The molecule has 120 valence electrons. The van der Waals surface area contributed by atoms with Gasteiger partial charge in [-0.15, -0.1) is 11.3 Å². The molecule has 2 aromatic rings. The predicted octanol–water partition coefficient (Wildman–Crippen LogP) is 3.23. The van der Waals surface area contributed by atoms with Crippen molar-refractivity contribution in [2.45, 2.75) is 6.92 Å². The second-order valence-electron chi connectivity index (χ2n) is 4.40. The summed E-state index contributed by atoms with van der Waals surface area (Å²) >= 11 is 6.99. The van der Waals surface area contributed by atoms with E-state index in [1.165, 1.54) is 22.8 Å². The lowest BCUT2D eigenvalue weighted by molar-refractivity contribution is -0.384. The molecular formula is C14H12ClN3O4S. The Labute approximate surface area is 140 Å². The van der Waals surface area contributed by atoms with Crippen LogP contribution in [-0.4, -0.2) is 23.1 Å². The number of amides is 1.